The number of carboxylic acid groups (broad SMARTS) is 1. The normalized spacial score (nSPS) is 16.2. The molecule has 0 spiro atoms. The van der Waals surface area contributed by atoms with E-state index in [1.807, 2.05) is 0 Å². The van der Waals surface area contributed by atoms with Gasteiger partial charge >= 0.3 is 12.3 Å². The number of rotatable bonds is 1. The highest BCUT2D eigenvalue weighted by molar-refractivity contribution is 5.71. The van der Waals surface area contributed by atoms with Crippen LogP contribution in [-0.2, 0) is 6.18 Å². The number of hydrogen-bond donors (Lipinski definition) is 1. The van der Waals surface area contributed by atoms with Gasteiger partial charge in [0.05, 0.1) is 11.3 Å². The second kappa shape index (κ2) is 4.91. The van der Waals surface area contributed by atoms with Crippen molar-refractivity contribution >= 4 is 11.7 Å². The quantitative estimate of drug-likeness (QED) is 0.855. The smallest absolute Gasteiger partial charge is 0.418 e. The first kappa shape index (κ1) is 13.4. The molecule has 0 radical (unpaired) electrons. The van der Waals surface area contributed by atoms with Crippen LogP contribution in [0, 0.1) is 0 Å². The van der Waals surface area contributed by atoms with Crippen LogP contribution in [0.5, 0.6) is 0 Å². The van der Waals surface area contributed by atoms with Gasteiger partial charge in [-0.3, -0.25) is 4.98 Å². The van der Waals surface area contributed by atoms with Crippen molar-refractivity contribution in [2.45, 2.75) is 12.6 Å². The zero-order valence-corrected chi connectivity index (χ0v) is 9.81. The standard InChI is InChI=1S/C12H11F3N2O2/c13-12(14,15)9-2-1-5-16-10(9)8-3-6-17(7-4-8)11(18)19/h1-3,5H,4,6-7H2,(H,18,19). The summed E-state index contributed by atoms with van der Waals surface area (Å²) in [7, 11) is 0. The Balaban J connectivity index is 2.32. The fourth-order valence-electron chi connectivity index (χ4n) is 1.95. The van der Waals surface area contributed by atoms with E-state index in [2.05, 4.69) is 4.98 Å². The number of halogens is 3. The second-order valence-corrected chi connectivity index (χ2v) is 4.11. The zero-order chi connectivity index (χ0) is 14.0. The number of aromatic nitrogens is 1. The molecule has 0 fully saturated rings. The van der Waals surface area contributed by atoms with Crippen molar-refractivity contribution in [2.24, 2.45) is 0 Å². The summed E-state index contributed by atoms with van der Waals surface area (Å²) in [6, 6.07) is 2.21. The molecule has 1 aliphatic heterocycles. The van der Waals surface area contributed by atoms with E-state index in [1.54, 1.807) is 0 Å². The number of alkyl halides is 3. The lowest BCUT2D eigenvalue weighted by molar-refractivity contribution is -0.138. The molecule has 102 valence electrons. The van der Waals surface area contributed by atoms with Crippen LogP contribution in [0.4, 0.5) is 18.0 Å². The van der Waals surface area contributed by atoms with Gasteiger partial charge in [-0.25, -0.2) is 4.79 Å². The Morgan fingerprint density at radius 1 is 1.42 bits per heavy atom. The Bertz CT molecular complexity index is 526. The summed E-state index contributed by atoms with van der Waals surface area (Å²) in [5, 5.41) is 8.78. The number of nitrogens with zero attached hydrogens (tertiary/aromatic N) is 2. The molecule has 1 aliphatic rings. The number of carbonyl (C=O) groups is 1. The van der Waals surface area contributed by atoms with Crippen LogP contribution >= 0.6 is 0 Å². The Kier molecular flexibility index (Phi) is 3.46. The maximum Gasteiger partial charge on any atom is 0.418 e. The summed E-state index contributed by atoms with van der Waals surface area (Å²) in [6.07, 6.45) is -2.53. The van der Waals surface area contributed by atoms with Crippen molar-refractivity contribution in [2.75, 3.05) is 13.1 Å². The van der Waals surface area contributed by atoms with E-state index in [9.17, 15) is 18.0 Å². The molecule has 2 rings (SSSR count). The summed E-state index contributed by atoms with van der Waals surface area (Å²) in [4.78, 5) is 15.6. The summed E-state index contributed by atoms with van der Waals surface area (Å²) in [5.74, 6) is 0. The molecule has 0 aliphatic carbocycles. The van der Waals surface area contributed by atoms with Crippen LogP contribution < -0.4 is 0 Å². The second-order valence-electron chi connectivity index (χ2n) is 4.11. The summed E-state index contributed by atoms with van der Waals surface area (Å²) >= 11 is 0. The monoisotopic (exact) mass is 272 g/mol. The van der Waals surface area contributed by atoms with Gasteiger partial charge in [0, 0.05) is 19.3 Å². The summed E-state index contributed by atoms with van der Waals surface area (Å²) in [5.41, 5.74) is -0.463. The Hall–Kier alpha value is -2.05. The molecule has 1 N–H and O–H groups in total. The predicted octanol–water partition coefficient (Wildman–Crippen LogP) is 2.87. The highest BCUT2D eigenvalue weighted by atomic mass is 19.4. The van der Waals surface area contributed by atoms with Gasteiger partial charge in [0.1, 0.15) is 0 Å². The van der Waals surface area contributed by atoms with Crippen LogP contribution in [0.15, 0.2) is 24.4 Å². The third kappa shape index (κ3) is 2.86. The number of amides is 1. The minimum Gasteiger partial charge on any atom is -0.465 e. The molecule has 7 heteroatoms. The highest BCUT2D eigenvalue weighted by Gasteiger charge is 2.35. The van der Waals surface area contributed by atoms with Gasteiger partial charge in [0.25, 0.3) is 0 Å². The predicted molar refractivity (Wildman–Crippen MR) is 61.4 cm³/mol. The van der Waals surface area contributed by atoms with E-state index in [0.717, 1.165) is 11.0 Å². The first-order chi connectivity index (χ1) is 8.89. The molecule has 0 aromatic carbocycles. The fourth-order valence-corrected chi connectivity index (χ4v) is 1.95. The van der Waals surface area contributed by atoms with E-state index in [1.165, 1.54) is 18.3 Å². The minimum atomic E-state index is -4.46. The van der Waals surface area contributed by atoms with Crippen LogP contribution in [-0.4, -0.2) is 34.2 Å². The van der Waals surface area contributed by atoms with Gasteiger partial charge in [0.2, 0.25) is 0 Å². The molecule has 0 bridgehead atoms. The molecule has 1 aromatic heterocycles. The van der Waals surface area contributed by atoms with Crippen molar-refractivity contribution in [3.05, 3.63) is 35.7 Å². The first-order valence-corrected chi connectivity index (χ1v) is 5.59. The average molecular weight is 272 g/mol. The van der Waals surface area contributed by atoms with Crippen molar-refractivity contribution in [3.63, 3.8) is 0 Å². The SMILES string of the molecule is O=C(O)N1CC=C(c2ncccc2C(F)(F)F)CC1. The van der Waals surface area contributed by atoms with Crippen molar-refractivity contribution in [3.8, 4) is 0 Å². The lowest BCUT2D eigenvalue weighted by atomic mass is 10.00. The molecule has 0 unspecified atom stereocenters. The maximum atomic E-state index is 12.8. The van der Waals surface area contributed by atoms with Gasteiger partial charge < -0.3 is 10.0 Å². The Morgan fingerprint density at radius 3 is 2.68 bits per heavy atom. The van der Waals surface area contributed by atoms with Gasteiger partial charge in [-0.05, 0) is 24.1 Å². The van der Waals surface area contributed by atoms with Crippen LogP contribution in [0.1, 0.15) is 17.7 Å². The van der Waals surface area contributed by atoms with Crippen LogP contribution in [0.2, 0.25) is 0 Å². The lowest BCUT2D eigenvalue weighted by Crippen LogP contribution is -2.33. The molecule has 0 atom stereocenters. The summed E-state index contributed by atoms with van der Waals surface area (Å²) < 4.78 is 38.5. The van der Waals surface area contributed by atoms with Gasteiger partial charge in [-0.1, -0.05) is 6.08 Å². The van der Waals surface area contributed by atoms with Crippen LogP contribution in [0.25, 0.3) is 5.57 Å². The number of pyridine rings is 1. The van der Waals surface area contributed by atoms with Crippen molar-refractivity contribution < 1.29 is 23.1 Å². The van der Waals surface area contributed by atoms with Gasteiger partial charge in [-0.15, -0.1) is 0 Å². The molecule has 0 saturated heterocycles. The molecular formula is C12H11F3N2O2. The Labute approximate surface area is 107 Å². The summed E-state index contributed by atoms with van der Waals surface area (Å²) in [6.45, 7) is 0.258. The highest BCUT2D eigenvalue weighted by Crippen LogP contribution is 2.35. The van der Waals surface area contributed by atoms with Crippen molar-refractivity contribution in [1.82, 2.24) is 9.88 Å². The van der Waals surface area contributed by atoms with E-state index < -0.39 is 17.8 Å². The molecule has 1 aromatic rings. The first-order valence-electron chi connectivity index (χ1n) is 5.59. The van der Waals surface area contributed by atoms with Gasteiger partial charge in [-0.2, -0.15) is 13.2 Å². The Morgan fingerprint density at radius 2 is 2.16 bits per heavy atom. The zero-order valence-electron chi connectivity index (χ0n) is 9.81. The van der Waals surface area contributed by atoms with Crippen LogP contribution in [0.3, 0.4) is 0 Å². The van der Waals surface area contributed by atoms with E-state index >= 15 is 0 Å². The fraction of sp³-hybridized carbons (Fsp3) is 0.333. The van der Waals surface area contributed by atoms with E-state index in [4.69, 9.17) is 5.11 Å². The van der Waals surface area contributed by atoms with Crippen molar-refractivity contribution in [1.29, 1.82) is 0 Å². The van der Waals surface area contributed by atoms with Gasteiger partial charge in [0.15, 0.2) is 0 Å². The molecule has 19 heavy (non-hydrogen) atoms. The molecule has 4 nitrogen and oxygen atoms in total. The molecule has 2 heterocycles. The van der Waals surface area contributed by atoms with E-state index in [0.29, 0.717) is 5.57 Å². The number of hydrogen-bond acceptors (Lipinski definition) is 2. The maximum absolute atomic E-state index is 12.8. The lowest BCUT2D eigenvalue weighted by Gasteiger charge is -2.24. The molecule has 0 saturated carbocycles. The molecular weight excluding hydrogens is 261 g/mol. The third-order valence-electron chi connectivity index (χ3n) is 2.90. The minimum absolute atomic E-state index is 0.0819. The topological polar surface area (TPSA) is 53.4 Å². The largest absolute Gasteiger partial charge is 0.465 e. The molecule has 1 amide bonds. The van der Waals surface area contributed by atoms with E-state index in [-0.39, 0.29) is 25.2 Å². The third-order valence-corrected chi connectivity index (χ3v) is 2.90. The average Bonchev–Trinajstić information content (AvgIpc) is 2.38.